The number of amides is 1. The molecule has 1 aromatic rings. The average Bonchev–Trinajstić information content (AvgIpc) is 3.06. The van der Waals surface area contributed by atoms with Crippen LogP contribution in [-0.4, -0.2) is 25.6 Å². The third-order valence-corrected chi connectivity index (χ3v) is 3.39. The van der Waals surface area contributed by atoms with Crippen LogP contribution in [0.5, 0.6) is 5.75 Å². The molecule has 1 aliphatic carbocycles. The van der Waals surface area contributed by atoms with Crippen LogP contribution in [0.2, 0.25) is 0 Å². The molecule has 1 aromatic carbocycles. The average molecular weight is 283 g/mol. The van der Waals surface area contributed by atoms with Crippen LogP contribution < -0.4 is 15.4 Å². The molecule has 4 nitrogen and oxygen atoms in total. The van der Waals surface area contributed by atoms with Gasteiger partial charge in [-0.25, -0.2) is 0 Å². The molecular weight excluding hydrogens is 264 g/mol. The lowest BCUT2D eigenvalue weighted by Gasteiger charge is -2.07. The molecule has 1 heterocycles. The van der Waals surface area contributed by atoms with Crippen molar-refractivity contribution in [2.24, 2.45) is 5.92 Å². The highest BCUT2D eigenvalue weighted by atomic mass is 35.5. The van der Waals surface area contributed by atoms with Crippen molar-refractivity contribution in [1.29, 1.82) is 0 Å². The highest BCUT2D eigenvalue weighted by molar-refractivity contribution is 5.92. The lowest BCUT2D eigenvalue weighted by molar-refractivity contribution is -0.115. The molecule has 1 saturated carbocycles. The standard InChI is InChI=1S/C14H18N2O2.ClH/c17-14(9-15-8-10-1-2-10)16-12-3-4-13-11(7-12)5-6-18-13;/h3-4,7,10,15H,1-2,5-6,8-9H2,(H,16,17);1H. The lowest BCUT2D eigenvalue weighted by Crippen LogP contribution is -2.29. The minimum absolute atomic E-state index is 0. The van der Waals surface area contributed by atoms with E-state index >= 15 is 0 Å². The molecule has 0 atom stereocenters. The number of benzene rings is 1. The van der Waals surface area contributed by atoms with Crippen LogP contribution in [0.4, 0.5) is 5.69 Å². The van der Waals surface area contributed by atoms with Crippen LogP contribution in [0, 0.1) is 5.92 Å². The number of carbonyl (C=O) groups is 1. The Hall–Kier alpha value is -1.26. The molecular formula is C14H19ClN2O2. The molecule has 1 aliphatic heterocycles. The van der Waals surface area contributed by atoms with Crippen molar-refractivity contribution in [1.82, 2.24) is 5.32 Å². The number of hydrogen-bond donors (Lipinski definition) is 2. The van der Waals surface area contributed by atoms with Crippen LogP contribution in [-0.2, 0) is 11.2 Å². The van der Waals surface area contributed by atoms with Crippen molar-refractivity contribution in [2.75, 3.05) is 25.0 Å². The Kier molecular flexibility index (Phi) is 4.66. The lowest BCUT2D eigenvalue weighted by atomic mass is 10.1. The molecule has 0 spiro atoms. The fourth-order valence-corrected chi connectivity index (χ4v) is 2.18. The van der Waals surface area contributed by atoms with Crippen LogP contribution >= 0.6 is 12.4 Å². The normalized spacial score (nSPS) is 16.2. The summed E-state index contributed by atoms with van der Waals surface area (Å²) in [6.07, 6.45) is 3.54. The first-order chi connectivity index (χ1) is 8.81. The van der Waals surface area contributed by atoms with Crippen molar-refractivity contribution in [3.63, 3.8) is 0 Å². The third-order valence-electron chi connectivity index (χ3n) is 3.39. The van der Waals surface area contributed by atoms with Gasteiger partial charge in [0, 0.05) is 12.1 Å². The highest BCUT2D eigenvalue weighted by Crippen LogP contribution is 2.28. The van der Waals surface area contributed by atoms with Gasteiger partial charge < -0.3 is 15.4 Å². The van der Waals surface area contributed by atoms with E-state index in [4.69, 9.17) is 4.74 Å². The van der Waals surface area contributed by atoms with E-state index in [-0.39, 0.29) is 18.3 Å². The van der Waals surface area contributed by atoms with Crippen LogP contribution in [0.15, 0.2) is 18.2 Å². The number of anilines is 1. The maximum atomic E-state index is 11.7. The van der Waals surface area contributed by atoms with Gasteiger partial charge in [0.05, 0.1) is 13.2 Å². The minimum atomic E-state index is 0. The van der Waals surface area contributed by atoms with E-state index in [1.54, 1.807) is 0 Å². The fraction of sp³-hybridized carbons (Fsp3) is 0.500. The molecule has 2 N–H and O–H groups in total. The van der Waals surface area contributed by atoms with Crippen molar-refractivity contribution < 1.29 is 9.53 Å². The van der Waals surface area contributed by atoms with Gasteiger partial charge >= 0.3 is 0 Å². The molecule has 1 fully saturated rings. The van der Waals surface area contributed by atoms with Crippen LogP contribution in [0.3, 0.4) is 0 Å². The van der Waals surface area contributed by atoms with E-state index in [9.17, 15) is 4.79 Å². The number of halogens is 1. The maximum Gasteiger partial charge on any atom is 0.238 e. The first kappa shape index (κ1) is 14.2. The zero-order chi connectivity index (χ0) is 12.4. The molecule has 0 unspecified atom stereocenters. The van der Waals surface area contributed by atoms with E-state index in [0.29, 0.717) is 6.54 Å². The van der Waals surface area contributed by atoms with E-state index in [1.165, 1.54) is 18.4 Å². The fourth-order valence-electron chi connectivity index (χ4n) is 2.18. The number of ether oxygens (including phenoxy) is 1. The molecule has 0 bridgehead atoms. The summed E-state index contributed by atoms with van der Waals surface area (Å²) in [4.78, 5) is 11.7. The quantitative estimate of drug-likeness (QED) is 0.868. The number of nitrogens with one attached hydrogen (secondary N) is 2. The van der Waals surface area contributed by atoms with Gasteiger partial charge in [-0.3, -0.25) is 4.79 Å². The largest absolute Gasteiger partial charge is 0.493 e. The molecule has 0 saturated heterocycles. The van der Waals surface area contributed by atoms with Gasteiger partial charge in [0.2, 0.25) is 5.91 Å². The Balaban J connectivity index is 0.00000133. The predicted molar refractivity (Wildman–Crippen MR) is 77.1 cm³/mol. The topological polar surface area (TPSA) is 50.4 Å². The smallest absolute Gasteiger partial charge is 0.238 e. The van der Waals surface area contributed by atoms with Gasteiger partial charge in [0.15, 0.2) is 0 Å². The summed E-state index contributed by atoms with van der Waals surface area (Å²) >= 11 is 0. The van der Waals surface area contributed by atoms with E-state index in [0.717, 1.165) is 36.9 Å². The molecule has 1 amide bonds. The van der Waals surface area contributed by atoms with Gasteiger partial charge in [-0.05, 0) is 49.1 Å². The van der Waals surface area contributed by atoms with Gasteiger partial charge in [-0.1, -0.05) is 0 Å². The summed E-state index contributed by atoms with van der Waals surface area (Å²) in [5, 5.41) is 6.09. The van der Waals surface area contributed by atoms with Crippen LogP contribution in [0.25, 0.3) is 0 Å². The Bertz CT molecular complexity index is 461. The van der Waals surface area contributed by atoms with Gasteiger partial charge in [-0.15, -0.1) is 12.4 Å². The monoisotopic (exact) mass is 282 g/mol. The molecule has 0 radical (unpaired) electrons. The van der Waals surface area contributed by atoms with E-state index in [2.05, 4.69) is 10.6 Å². The van der Waals surface area contributed by atoms with Crippen molar-refractivity contribution in [3.05, 3.63) is 23.8 Å². The summed E-state index contributed by atoms with van der Waals surface area (Å²) in [5.74, 6) is 1.77. The van der Waals surface area contributed by atoms with Gasteiger partial charge in [0.25, 0.3) is 0 Å². The van der Waals surface area contributed by atoms with Crippen molar-refractivity contribution in [2.45, 2.75) is 19.3 Å². The zero-order valence-corrected chi connectivity index (χ0v) is 11.6. The van der Waals surface area contributed by atoms with E-state index < -0.39 is 0 Å². The maximum absolute atomic E-state index is 11.7. The number of rotatable bonds is 5. The molecule has 19 heavy (non-hydrogen) atoms. The van der Waals surface area contributed by atoms with E-state index in [1.807, 2.05) is 18.2 Å². The second kappa shape index (κ2) is 6.26. The number of fused-ring (bicyclic) bond motifs is 1. The number of hydrogen-bond acceptors (Lipinski definition) is 3. The van der Waals surface area contributed by atoms with Crippen molar-refractivity contribution in [3.8, 4) is 5.75 Å². The van der Waals surface area contributed by atoms with Gasteiger partial charge in [-0.2, -0.15) is 0 Å². The number of carbonyl (C=O) groups excluding carboxylic acids is 1. The second-order valence-electron chi connectivity index (χ2n) is 5.04. The van der Waals surface area contributed by atoms with Crippen LogP contribution in [0.1, 0.15) is 18.4 Å². The molecule has 104 valence electrons. The molecule has 2 aliphatic rings. The summed E-state index contributed by atoms with van der Waals surface area (Å²) in [6, 6.07) is 5.82. The molecule has 5 heteroatoms. The summed E-state index contributed by atoms with van der Waals surface area (Å²) in [5.41, 5.74) is 2.04. The minimum Gasteiger partial charge on any atom is -0.493 e. The Labute approximate surface area is 119 Å². The summed E-state index contributed by atoms with van der Waals surface area (Å²) < 4.78 is 5.43. The molecule has 3 rings (SSSR count). The first-order valence-corrected chi connectivity index (χ1v) is 6.57. The SMILES string of the molecule is Cl.O=C(CNCC1CC1)Nc1ccc2c(c1)CCO2. The summed E-state index contributed by atoms with van der Waals surface area (Å²) in [7, 11) is 0. The third kappa shape index (κ3) is 3.85. The van der Waals surface area contributed by atoms with Crippen molar-refractivity contribution >= 4 is 24.0 Å². The predicted octanol–water partition coefficient (Wildman–Crippen LogP) is 1.98. The Morgan fingerprint density at radius 2 is 2.21 bits per heavy atom. The molecule has 0 aromatic heterocycles. The Morgan fingerprint density at radius 1 is 1.37 bits per heavy atom. The highest BCUT2D eigenvalue weighted by Gasteiger charge is 2.20. The first-order valence-electron chi connectivity index (χ1n) is 6.57. The van der Waals surface area contributed by atoms with Gasteiger partial charge in [0.1, 0.15) is 5.75 Å². The summed E-state index contributed by atoms with van der Waals surface area (Å²) in [6.45, 7) is 2.10. The zero-order valence-electron chi connectivity index (χ0n) is 10.8. The Morgan fingerprint density at radius 3 is 3.00 bits per heavy atom. The second-order valence-corrected chi connectivity index (χ2v) is 5.04.